The van der Waals surface area contributed by atoms with E-state index in [-0.39, 0.29) is 0 Å². The molecule has 0 aliphatic carbocycles. The number of nitrogens with zero attached hydrogens (tertiary/aromatic N) is 4. The van der Waals surface area contributed by atoms with Crippen molar-refractivity contribution in [3.8, 4) is 5.69 Å². The Kier molecular flexibility index (Phi) is 6.16. The Bertz CT molecular complexity index is 755. The first-order valence-corrected chi connectivity index (χ1v) is 8.81. The van der Waals surface area contributed by atoms with E-state index in [0.29, 0.717) is 0 Å². The highest BCUT2D eigenvalue weighted by molar-refractivity contribution is 7.99. The molecule has 24 heavy (non-hydrogen) atoms. The van der Waals surface area contributed by atoms with Crippen molar-refractivity contribution >= 4 is 17.8 Å². The van der Waals surface area contributed by atoms with Gasteiger partial charge in [-0.15, -0.1) is 5.10 Å². The lowest BCUT2D eigenvalue weighted by atomic mass is 10.2. The van der Waals surface area contributed by atoms with Crippen LogP contribution in [0.5, 0.6) is 0 Å². The van der Waals surface area contributed by atoms with E-state index in [9.17, 15) is 0 Å². The van der Waals surface area contributed by atoms with Crippen molar-refractivity contribution in [1.82, 2.24) is 25.5 Å². The molecule has 0 atom stereocenters. The molecule has 0 bridgehead atoms. The van der Waals surface area contributed by atoms with Gasteiger partial charge in [0.15, 0.2) is 0 Å². The molecule has 3 aromatic rings. The molecule has 0 unspecified atom stereocenters. The lowest BCUT2D eigenvalue weighted by Gasteiger charge is -2.04. The van der Waals surface area contributed by atoms with Crippen LogP contribution in [0, 0.1) is 0 Å². The van der Waals surface area contributed by atoms with Gasteiger partial charge in [0, 0.05) is 18.8 Å². The number of benzene rings is 2. The van der Waals surface area contributed by atoms with Crippen LogP contribution >= 0.6 is 11.8 Å². The summed E-state index contributed by atoms with van der Waals surface area (Å²) in [5.74, 6) is 0.909. The van der Waals surface area contributed by atoms with Gasteiger partial charge < -0.3 is 5.32 Å². The zero-order valence-corrected chi connectivity index (χ0v) is 14.1. The summed E-state index contributed by atoms with van der Waals surface area (Å²) in [6.07, 6.45) is 4.25. The summed E-state index contributed by atoms with van der Waals surface area (Å²) in [6, 6.07) is 20.2. The van der Waals surface area contributed by atoms with E-state index in [1.165, 1.54) is 5.56 Å². The molecule has 5 nitrogen and oxygen atoms in total. The van der Waals surface area contributed by atoms with Gasteiger partial charge in [-0.3, -0.25) is 0 Å². The van der Waals surface area contributed by atoms with Gasteiger partial charge >= 0.3 is 0 Å². The number of hydrogen-bond acceptors (Lipinski definition) is 5. The molecule has 0 radical (unpaired) electrons. The first kappa shape index (κ1) is 16.4. The quantitative estimate of drug-likeness (QED) is 0.506. The zero-order valence-electron chi connectivity index (χ0n) is 13.2. The second-order valence-electron chi connectivity index (χ2n) is 5.07. The van der Waals surface area contributed by atoms with Gasteiger partial charge in [-0.25, -0.2) is 0 Å². The standard InChI is InChI=1S/C18H19N5S/c1-3-8-16(9-4-1)10-7-13-19-14-15-24-18-20-21-22-23(18)17-11-5-2-6-12-17/h1-12,19H,13-15H2/b10-7+. The average Bonchev–Trinajstić information content (AvgIpc) is 3.11. The normalized spacial score (nSPS) is 11.2. The van der Waals surface area contributed by atoms with Gasteiger partial charge in [-0.1, -0.05) is 72.4 Å². The Balaban J connectivity index is 1.40. The van der Waals surface area contributed by atoms with Crippen molar-refractivity contribution in [3.05, 3.63) is 72.3 Å². The van der Waals surface area contributed by atoms with Crippen LogP contribution in [0.25, 0.3) is 11.8 Å². The van der Waals surface area contributed by atoms with Crippen LogP contribution in [0.1, 0.15) is 5.56 Å². The van der Waals surface area contributed by atoms with Crippen molar-refractivity contribution in [2.45, 2.75) is 5.16 Å². The van der Waals surface area contributed by atoms with Gasteiger partial charge in [0.1, 0.15) is 0 Å². The fourth-order valence-electron chi connectivity index (χ4n) is 2.16. The molecule has 0 aliphatic heterocycles. The predicted molar refractivity (Wildman–Crippen MR) is 98.2 cm³/mol. The zero-order chi connectivity index (χ0) is 16.5. The molecule has 2 aromatic carbocycles. The maximum absolute atomic E-state index is 4.09. The van der Waals surface area contributed by atoms with Crippen LogP contribution in [-0.2, 0) is 0 Å². The molecule has 0 aliphatic rings. The summed E-state index contributed by atoms with van der Waals surface area (Å²) in [6.45, 7) is 1.74. The minimum absolute atomic E-state index is 0.808. The molecule has 122 valence electrons. The third-order valence-electron chi connectivity index (χ3n) is 3.32. The number of para-hydroxylation sites is 1. The smallest absolute Gasteiger partial charge is 0.214 e. The maximum atomic E-state index is 4.09. The fraction of sp³-hybridized carbons (Fsp3) is 0.167. The molecular weight excluding hydrogens is 318 g/mol. The summed E-state index contributed by atoms with van der Waals surface area (Å²) < 4.78 is 1.76. The summed E-state index contributed by atoms with van der Waals surface area (Å²) >= 11 is 1.64. The van der Waals surface area contributed by atoms with Gasteiger partial charge in [-0.05, 0) is 28.1 Å². The highest BCUT2D eigenvalue weighted by Gasteiger charge is 2.07. The Morgan fingerprint density at radius 1 is 1.00 bits per heavy atom. The number of thioether (sulfide) groups is 1. The van der Waals surface area contributed by atoms with Gasteiger partial charge in [-0.2, -0.15) is 4.68 Å². The van der Waals surface area contributed by atoms with Crippen LogP contribution in [-0.4, -0.2) is 39.0 Å². The second-order valence-corrected chi connectivity index (χ2v) is 6.14. The SMILES string of the molecule is C(=C\c1ccccc1)/CNCCSc1nnnn1-c1ccccc1. The van der Waals surface area contributed by atoms with Crippen molar-refractivity contribution in [3.63, 3.8) is 0 Å². The minimum atomic E-state index is 0.808. The van der Waals surface area contributed by atoms with Crippen LogP contribution in [0.15, 0.2) is 71.9 Å². The summed E-state index contributed by atoms with van der Waals surface area (Å²) in [4.78, 5) is 0. The predicted octanol–water partition coefficient (Wildman–Crippen LogP) is 3.06. The Morgan fingerprint density at radius 2 is 1.75 bits per heavy atom. The molecule has 0 amide bonds. The number of aromatic nitrogens is 4. The monoisotopic (exact) mass is 337 g/mol. The van der Waals surface area contributed by atoms with E-state index in [4.69, 9.17) is 0 Å². The molecule has 0 saturated carbocycles. The number of hydrogen-bond donors (Lipinski definition) is 1. The molecule has 3 rings (SSSR count). The maximum Gasteiger partial charge on any atom is 0.214 e. The molecule has 0 saturated heterocycles. The van der Waals surface area contributed by atoms with E-state index >= 15 is 0 Å². The summed E-state index contributed by atoms with van der Waals surface area (Å²) in [5.41, 5.74) is 2.19. The third-order valence-corrected chi connectivity index (χ3v) is 4.24. The van der Waals surface area contributed by atoms with Crippen molar-refractivity contribution in [1.29, 1.82) is 0 Å². The minimum Gasteiger partial charge on any atom is -0.312 e. The Hall–Kier alpha value is -2.44. The second kappa shape index (κ2) is 9.00. The van der Waals surface area contributed by atoms with E-state index in [1.54, 1.807) is 16.4 Å². The summed E-state index contributed by atoms with van der Waals surface area (Å²) in [7, 11) is 0. The Morgan fingerprint density at radius 3 is 2.54 bits per heavy atom. The topological polar surface area (TPSA) is 55.6 Å². The van der Waals surface area contributed by atoms with Crippen LogP contribution in [0.4, 0.5) is 0 Å². The first-order valence-electron chi connectivity index (χ1n) is 7.82. The lowest BCUT2D eigenvalue weighted by Crippen LogP contribution is -2.17. The van der Waals surface area contributed by atoms with Crippen molar-refractivity contribution < 1.29 is 0 Å². The van der Waals surface area contributed by atoms with Crippen LogP contribution in [0.2, 0.25) is 0 Å². The highest BCUT2D eigenvalue weighted by atomic mass is 32.2. The molecule has 1 heterocycles. The van der Waals surface area contributed by atoms with E-state index in [2.05, 4.69) is 45.1 Å². The first-order chi connectivity index (χ1) is 11.9. The molecule has 1 N–H and O–H groups in total. The van der Waals surface area contributed by atoms with Crippen LogP contribution in [0.3, 0.4) is 0 Å². The van der Waals surface area contributed by atoms with Gasteiger partial charge in [0.05, 0.1) is 5.69 Å². The average molecular weight is 337 g/mol. The molecule has 0 spiro atoms. The van der Waals surface area contributed by atoms with E-state index in [1.807, 2.05) is 48.5 Å². The largest absolute Gasteiger partial charge is 0.312 e. The van der Waals surface area contributed by atoms with Gasteiger partial charge in [0.25, 0.3) is 0 Å². The Labute approximate surface area is 145 Å². The third kappa shape index (κ3) is 4.78. The molecule has 6 heteroatoms. The number of nitrogens with one attached hydrogen (secondary N) is 1. The van der Waals surface area contributed by atoms with Crippen molar-refractivity contribution in [2.75, 3.05) is 18.8 Å². The molecule has 0 fully saturated rings. The lowest BCUT2D eigenvalue weighted by molar-refractivity contribution is 0.754. The van der Waals surface area contributed by atoms with Gasteiger partial charge in [0.2, 0.25) is 5.16 Å². The molecular formula is C18H19N5S. The van der Waals surface area contributed by atoms with Crippen molar-refractivity contribution in [2.24, 2.45) is 0 Å². The fourth-order valence-corrected chi connectivity index (χ4v) is 2.95. The highest BCUT2D eigenvalue weighted by Crippen LogP contribution is 2.17. The number of rotatable bonds is 8. The van der Waals surface area contributed by atoms with E-state index in [0.717, 1.165) is 29.7 Å². The number of tetrazole rings is 1. The van der Waals surface area contributed by atoms with Crippen LogP contribution < -0.4 is 5.32 Å². The summed E-state index contributed by atoms with van der Waals surface area (Å²) in [5, 5.41) is 16.1. The van der Waals surface area contributed by atoms with E-state index < -0.39 is 0 Å². The molecule has 1 aromatic heterocycles.